The molecule has 3 nitrogen and oxygen atoms in total. The van der Waals surface area contributed by atoms with Gasteiger partial charge in [0.05, 0.1) is 5.56 Å². The Bertz CT molecular complexity index is 805. The predicted molar refractivity (Wildman–Crippen MR) is 88.2 cm³/mol. The number of allylic oxidation sites excluding steroid dienone is 1. The van der Waals surface area contributed by atoms with Crippen LogP contribution in [0.5, 0.6) is 11.5 Å². The molecule has 1 heterocycles. The largest absolute Gasteiger partial charge is 0.485 e. The van der Waals surface area contributed by atoms with Gasteiger partial charge in [0.2, 0.25) is 0 Å². The van der Waals surface area contributed by atoms with Gasteiger partial charge < -0.3 is 9.47 Å². The van der Waals surface area contributed by atoms with Gasteiger partial charge >= 0.3 is 5.97 Å². The van der Waals surface area contributed by atoms with Gasteiger partial charge in [-0.1, -0.05) is 24.3 Å². The highest BCUT2D eigenvalue weighted by molar-refractivity contribution is 5.91. The minimum absolute atomic E-state index is 0.128. The van der Waals surface area contributed by atoms with E-state index in [-0.39, 0.29) is 12.1 Å². The van der Waals surface area contributed by atoms with E-state index in [4.69, 9.17) is 9.47 Å². The van der Waals surface area contributed by atoms with Crippen molar-refractivity contribution in [3.8, 4) is 11.5 Å². The highest BCUT2D eigenvalue weighted by Crippen LogP contribution is 2.48. The SMILES string of the molecule is Cc1c(OC(=O)c2ccccc2)cc2c(c1C)O[C@H]1C=CC[C@@H]21. The van der Waals surface area contributed by atoms with Gasteiger partial charge in [-0.15, -0.1) is 0 Å². The molecule has 0 fully saturated rings. The van der Waals surface area contributed by atoms with Crippen molar-refractivity contribution in [2.45, 2.75) is 32.3 Å². The minimum atomic E-state index is -0.326. The van der Waals surface area contributed by atoms with Gasteiger partial charge in [-0.2, -0.15) is 0 Å². The zero-order valence-corrected chi connectivity index (χ0v) is 13.2. The van der Waals surface area contributed by atoms with Gasteiger partial charge in [0.1, 0.15) is 17.6 Å². The second-order valence-corrected chi connectivity index (χ2v) is 6.15. The first-order valence-corrected chi connectivity index (χ1v) is 7.90. The molecule has 0 amide bonds. The summed E-state index contributed by atoms with van der Waals surface area (Å²) in [5.41, 5.74) is 3.72. The highest BCUT2D eigenvalue weighted by atomic mass is 16.5. The molecule has 0 radical (unpaired) electrons. The lowest BCUT2D eigenvalue weighted by Crippen LogP contribution is -2.10. The molecule has 0 N–H and O–H groups in total. The second kappa shape index (κ2) is 5.27. The number of fused-ring (bicyclic) bond motifs is 3. The van der Waals surface area contributed by atoms with E-state index in [1.165, 1.54) is 0 Å². The molecular weight excluding hydrogens is 288 g/mol. The molecule has 1 aliphatic heterocycles. The summed E-state index contributed by atoms with van der Waals surface area (Å²) in [5.74, 6) is 1.61. The summed E-state index contributed by atoms with van der Waals surface area (Å²) in [7, 11) is 0. The monoisotopic (exact) mass is 306 g/mol. The average molecular weight is 306 g/mol. The van der Waals surface area contributed by atoms with E-state index in [0.717, 1.165) is 28.9 Å². The van der Waals surface area contributed by atoms with Crippen molar-refractivity contribution in [1.29, 1.82) is 0 Å². The zero-order chi connectivity index (χ0) is 16.0. The molecule has 0 bridgehead atoms. The molecule has 0 spiro atoms. The molecule has 23 heavy (non-hydrogen) atoms. The standard InChI is InChI=1S/C20H18O3/c1-12-13(2)19-16(15-9-6-10-17(15)22-19)11-18(12)23-20(21)14-7-4-3-5-8-14/h3-8,10-11,15,17H,9H2,1-2H3/t15-,17-/m0/s1. The Morgan fingerprint density at radius 3 is 2.74 bits per heavy atom. The Labute approximate surface area is 135 Å². The van der Waals surface area contributed by atoms with E-state index in [0.29, 0.717) is 17.2 Å². The van der Waals surface area contributed by atoms with Crippen molar-refractivity contribution in [3.63, 3.8) is 0 Å². The van der Waals surface area contributed by atoms with Crippen molar-refractivity contribution < 1.29 is 14.3 Å². The van der Waals surface area contributed by atoms with E-state index in [2.05, 4.69) is 12.2 Å². The summed E-state index contributed by atoms with van der Waals surface area (Å²) in [5, 5.41) is 0. The van der Waals surface area contributed by atoms with Crippen LogP contribution in [0.15, 0.2) is 48.6 Å². The number of hydrogen-bond acceptors (Lipinski definition) is 3. The maximum Gasteiger partial charge on any atom is 0.343 e. The van der Waals surface area contributed by atoms with Gasteiger partial charge in [-0.05, 0) is 55.7 Å². The Kier molecular flexibility index (Phi) is 3.22. The lowest BCUT2D eigenvalue weighted by atomic mass is 9.93. The molecule has 1 aliphatic carbocycles. The number of esters is 1. The van der Waals surface area contributed by atoms with Crippen LogP contribution in [0, 0.1) is 13.8 Å². The number of benzene rings is 2. The van der Waals surface area contributed by atoms with Crippen molar-refractivity contribution in [2.24, 2.45) is 0 Å². The Morgan fingerprint density at radius 2 is 1.96 bits per heavy atom. The summed E-state index contributed by atoms with van der Waals surface area (Å²) < 4.78 is 11.7. The third kappa shape index (κ3) is 2.24. The van der Waals surface area contributed by atoms with E-state index < -0.39 is 0 Å². The average Bonchev–Trinajstić information content (AvgIpc) is 3.15. The first kappa shape index (κ1) is 14.1. The number of ether oxygens (including phenoxy) is 2. The molecule has 2 aliphatic rings. The van der Waals surface area contributed by atoms with Crippen molar-refractivity contribution in [3.05, 3.63) is 70.8 Å². The molecule has 2 aromatic rings. The minimum Gasteiger partial charge on any atom is -0.485 e. The van der Waals surface area contributed by atoms with E-state index in [1.807, 2.05) is 38.1 Å². The van der Waals surface area contributed by atoms with E-state index in [9.17, 15) is 4.79 Å². The normalized spacial score (nSPS) is 20.8. The second-order valence-electron chi connectivity index (χ2n) is 6.15. The summed E-state index contributed by atoms with van der Waals surface area (Å²) >= 11 is 0. The summed E-state index contributed by atoms with van der Waals surface area (Å²) in [4.78, 5) is 12.3. The highest BCUT2D eigenvalue weighted by Gasteiger charge is 2.37. The van der Waals surface area contributed by atoms with Crippen molar-refractivity contribution >= 4 is 5.97 Å². The Morgan fingerprint density at radius 1 is 1.17 bits per heavy atom. The van der Waals surface area contributed by atoms with Crippen molar-refractivity contribution in [2.75, 3.05) is 0 Å². The third-order valence-corrected chi connectivity index (χ3v) is 4.80. The number of carbonyl (C=O) groups is 1. The first-order valence-electron chi connectivity index (χ1n) is 7.90. The fraction of sp³-hybridized carbons (Fsp3) is 0.250. The van der Waals surface area contributed by atoms with Crippen LogP contribution in [0.4, 0.5) is 0 Å². The predicted octanol–water partition coefficient (Wildman–Crippen LogP) is 4.33. The maximum absolute atomic E-state index is 12.3. The molecule has 2 aromatic carbocycles. The van der Waals surface area contributed by atoms with Crippen LogP contribution in [0.3, 0.4) is 0 Å². The molecular formula is C20H18O3. The molecule has 2 atom stereocenters. The van der Waals surface area contributed by atoms with E-state index >= 15 is 0 Å². The third-order valence-electron chi connectivity index (χ3n) is 4.80. The number of rotatable bonds is 2. The quantitative estimate of drug-likeness (QED) is 0.471. The molecule has 116 valence electrons. The fourth-order valence-electron chi connectivity index (χ4n) is 3.35. The van der Waals surface area contributed by atoms with Crippen LogP contribution in [0.2, 0.25) is 0 Å². The van der Waals surface area contributed by atoms with Gasteiger partial charge in [-0.3, -0.25) is 0 Å². The van der Waals surface area contributed by atoms with Crippen LogP contribution in [0.25, 0.3) is 0 Å². The molecule has 0 saturated carbocycles. The van der Waals surface area contributed by atoms with Crippen LogP contribution in [-0.4, -0.2) is 12.1 Å². The lowest BCUT2D eigenvalue weighted by molar-refractivity contribution is 0.0733. The maximum atomic E-state index is 12.3. The molecule has 3 heteroatoms. The molecule has 0 unspecified atom stereocenters. The molecule has 0 aromatic heterocycles. The van der Waals surface area contributed by atoms with Crippen LogP contribution < -0.4 is 9.47 Å². The van der Waals surface area contributed by atoms with Gasteiger partial charge in [0, 0.05) is 11.5 Å². The van der Waals surface area contributed by atoms with Crippen molar-refractivity contribution in [1.82, 2.24) is 0 Å². The summed E-state index contributed by atoms with van der Waals surface area (Å²) in [6.07, 6.45) is 5.38. The number of hydrogen-bond donors (Lipinski definition) is 0. The Hall–Kier alpha value is -2.55. The topological polar surface area (TPSA) is 35.5 Å². The lowest BCUT2D eigenvalue weighted by Gasteiger charge is -2.14. The summed E-state index contributed by atoms with van der Waals surface area (Å²) in [6.45, 7) is 4.00. The van der Waals surface area contributed by atoms with Crippen LogP contribution in [-0.2, 0) is 0 Å². The smallest absolute Gasteiger partial charge is 0.343 e. The summed E-state index contributed by atoms with van der Waals surface area (Å²) in [6, 6.07) is 11.1. The number of carbonyl (C=O) groups excluding carboxylic acids is 1. The fourth-order valence-corrected chi connectivity index (χ4v) is 3.35. The molecule has 4 rings (SSSR count). The Balaban J connectivity index is 1.69. The van der Waals surface area contributed by atoms with Crippen LogP contribution >= 0.6 is 0 Å². The van der Waals surface area contributed by atoms with E-state index in [1.54, 1.807) is 12.1 Å². The van der Waals surface area contributed by atoms with Gasteiger partial charge in [0.25, 0.3) is 0 Å². The zero-order valence-electron chi connectivity index (χ0n) is 13.2. The van der Waals surface area contributed by atoms with Gasteiger partial charge in [0.15, 0.2) is 0 Å². The van der Waals surface area contributed by atoms with Crippen LogP contribution in [0.1, 0.15) is 39.4 Å². The van der Waals surface area contributed by atoms with Gasteiger partial charge in [-0.25, -0.2) is 4.79 Å². The first-order chi connectivity index (χ1) is 11.1. The molecule has 0 saturated heterocycles.